The van der Waals surface area contributed by atoms with Crippen molar-refractivity contribution >= 4 is 5.82 Å². The Balaban J connectivity index is 1.61. The van der Waals surface area contributed by atoms with Gasteiger partial charge in [0.1, 0.15) is 11.6 Å². The molecule has 0 saturated carbocycles. The molecule has 4 aromatic rings. The lowest BCUT2D eigenvalue weighted by Crippen LogP contribution is -2.24. The van der Waals surface area contributed by atoms with Crippen LogP contribution in [0.1, 0.15) is 23.1 Å². The molecular formula is C28H27N3O. The summed E-state index contributed by atoms with van der Waals surface area (Å²) in [6.45, 7) is 3.99. The number of aromatic nitrogens is 2. The van der Waals surface area contributed by atoms with Gasteiger partial charge in [0.2, 0.25) is 0 Å². The van der Waals surface area contributed by atoms with E-state index in [0.29, 0.717) is 0 Å². The summed E-state index contributed by atoms with van der Waals surface area (Å²) >= 11 is 0. The summed E-state index contributed by atoms with van der Waals surface area (Å²) in [5.41, 5.74) is 7.09. The maximum atomic E-state index is 5.45. The van der Waals surface area contributed by atoms with Gasteiger partial charge in [0.25, 0.3) is 0 Å². The van der Waals surface area contributed by atoms with Crippen LogP contribution in [-0.4, -0.2) is 23.6 Å². The van der Waals surface area contributed by atoms with Gasteiger partial charge < -0.3 is 9.64 Å². The van der Waals surface area contributed by atoms with Gasteiger partial charge in [0, 0.05) is 30.3 Å². The number of fused-ring (bicyclic) bond motifs is 1. The summed E-state index contributed by atoms with van der Waals surface area (Å²) < 4.78 is 5.45. The van der Waals surface area contributed by atoms with Crippen molar-refractivity contribution in [3.05, 3.63) is 95.6 Å². The van der Waals surface area contributed by atoms with Gasteiger partial charge in [-0.3, -0.25) is 0 Å². The zero-order chi connectivity index (χ0) is 21.9. The summed E-state index contributed by atoms with van der Waals surface area (Å²) in [4.78, 5) is 12.3. The second-order valence-electron chi connectivity index (χ2n) is 8.33. The van der Waals surface area contributed by atoms with Gasteiger partial charge in [-0.1, -0.05) is 66.2 Å². The third-order valence-electron chi connectivity index (χ3n) is 6.03. The molecule has 0 N–H and O–H groups in total. The number of nitrogens with zero attached hydrogens (tertiary/aromatic N) is 3. The number of ether oxygens (including phenoxy) is 1. The minimum Gasteiger partial charge on any atom is -0.497 e. The monoisotopic (exact) mass is 421 g/mol. The molecular weight excluding hydrogens is 394 g/mol. The largest absolute Gasteiger partial charge is 0.497 e. The molecule has 3 aromatic carbocycles. The van der Waals surface area contributed by atoms with Gasteiger partial charge >= 0.3 is 0 Å². The lowest BCUT2D eigenvalue weighted by atomic mass is 10.0. The van der Waals surface area contributed by atoms with Crippen LogP contribution in [0.25, 0.3) is 22.6 Å². The van der Waals surface area contributed by atoms with Crippen LogP contribution in [0.3, 0.4) is 0 Å². The molecule has 0 fully saturated rings. The van der Waals surface area contributed by atoms with Crippen LogP contribution in [0, 0.1) is 6.92 Å². The average molecular weight is 422 g/mol. The summed E-state index contributed by atoms with van der Waals surface area (Å²) in [5.74, 6) is 2.53. The van der Waals surface area contributed by atoms with Crippen LogP contribution < -0.4 is 9.64 Å². The Hall–Kier alpha value is -3.66. The van der Waals surface area contributed by atoms with Crippen molar-refractivity contribution in [2.75, 3.05) is 18.6 Å². The molecule has 0 unspecified atom stereocenters. The predicted octanol–water partition coefficient (Wildman–Crippen LogP) is 6.08. The van der Waals surface area contributed by atoms with Gasteiger partial charge in [-0.15, -0.1) is 0 Å². The van der Waals surface area contributed by atoms with E-state index in [1.165, 1.54) is 16.7 Å². The number of methoxy groups -OCH3 is 1. The second kappa shape index (κ2) is 8.83. The fraction of sp³-hybridized carbons (Fsp3) is 0.214. The molecule has 0 aliphatic carbocycles. The van der Waals surface area contributed by atoms with E-state index in [-0.39, 0.29) is 0 Å². The van der Waals surface area contributed by atoms with Gasteiger partial charge in [-0.05, 0) is 43.0 Å². The molecule has 4 nitrogen and oxygen atoms in total. The van der Waals surface area contributed by atoms with Crippen LogP contribution >= 0.6 is 0 Å². The number of rotatable bonds is 4. The van der Waals surface area contributed by atoms with Crippen molar-refractivity contribution in [3.63, 3.8) is 0 Å². The Morgan fingerprint density at radius 3 is 2.50 bits per heavy atom. The minimum atomic E-state index is 0.745. The maximum Gasteiger partial charge on any atom is 0.162 e. The quantitative estimate of drug-likeness (QED) is 0.400. The first kappa shape index (κ1) is 20.3. The van der Waals surface area contributed by atoms with Crippen molar-refractivity contribution in [2.45, 2.75) is 26.3 Å². The summed E-state index contributed by atoms with van der Waals surface area (Å²) in [6, 6.07) is 27.2. The van der Waals surface area contributed by atoms with Gasteiger partial charge in [-0.25, -0.2) is 9.97 Å². The predicted molar refractivity (Wildman–Crippen MR) is 130 cm³/mol. The third kappa shape index (κ3) is 4.22. The van der Waals surface area contributed by atoms with Crippen molar-refractivity contribution < 1.29 is 4.74 Å². The topological polar surface area (TPSA) is 38.2 Å². The van der Waals surface area contributed by atoms with E-state index in [0.717, 1.165) is 60.1 Å². The minimum absolute atomic E-state index is 0.745. The van der Waals surface area contributed by atoms with Crippen molar-refractivity contribution in [3.8, 4) is 28.4 Å². The molecule has 0 atom stereocenters. The lowest BCUT2D eigenvalue weighted by molar-refractivity contribution is 0.415. The normalized spacial score (nSPS) is 13.4. The molecule has 1 aromatic heterocycles. The second-order valence-corrected chi connectivity index (χ2v) is 8.33. The Bertz CT molecular complexity index is 1240. The van der Waals surface area contributed by atoms with E-state index in [2.05, 4.69) is 54.3 Å². The van der Waals surface area contributed by atoms with E-state index in [4.69, 9.17) is 14.7 Å². The van der Waals surface area contributed by atoms with Crippen LogP contribution in [0.5, 0.6) is 5.75 Å². The van der Waals surface area contributed by atoms with E-state index >= 15 is 0 Å². The first-order valence-electron chi connectivity index (χ1n) is 11.1. The molecule has 2 heterocycles. The highest BCUT2D eigenvalue weighted by Crippen LogP contribution is 2.30. The average Bonchev–Trinajstić information content (AvgIpc) is 3.06. The first-order valence-corrected chi connectivity index (χ1v) is 11.1. The molecule has 1 aliphatic rings. The fourth-order valence-corrected chi connectivity index (χ4v) is 4.33. The highest BCUT2D eigenvalue weighted by molar-refractivity contribution is 5.69. The standard InChI is InChI=1S/C28H27N3O/c1-20-13-14-21-11-7-15-31(19-24(21)16-20)27-18-26(23-10-6-12-25(17-23)32-2)29-28(30-27)22-8-4-3-5-9-22/h3-6,8-10,12-14,16-18H,7,11,15,19H2,1-2H3. The highest BCUT2D eigenvalue weighted by Gasteiger charge is 2.18. The van der Waals surface area contributed by atoms with Gasteiger partial charge in [0.05, 0.1) is 12.8 Å². The van der Waals surface area contributed by atoms with E-state index in [1.807, 2.05) is 36.4 Å². The number of hydrogen-bond donors (Lipinski definition) is 0. The van der Waals surface area contributed by atoms with Gasteiger partial charge in [0.15, 0.2) is 5.82 Å². The van der Waals surface area contributed by atoms with E-state index in [1.54, 1.807) is 7.11 Å². The molecule has 5 rings (SSSR count). The zero-order valence-corrected chi connectivity index (χ0v) is 18.6. The van der Waals surface area contributed by atoms with Crippen LogP contribution in [0.4, 0.5) is 5.82 Å². The number of hydrogen-bond acceptors (Lipinski definition) is 4. The van der Waals surface area contributed by atoms with E-state index in [9.17, 15) is 0 Å². The number of benzene rings is 3. The molecule has 0 saturated heterocycles. The lowest BCUT2D eigenvalue weighted by Gasteiger charge is -2.23. The smallest absolute Gasteiger partial charge is 0.162 e. The zero-order valence-electron chi connectivity index (χ0n) is 18.6. The molecule has 4 heteroatoms. The maximum absolute atomic E-state index is 5.45. The van der Waals surface area contributed by atoms with Crippen LogP contribution in [0.15, 0.2) is 78.9 Å². The molecule has 0 amide bonds. The van der Waals surface area contributed by atoms with Crippen LogP contribution in [-0.2, 0) is 13.0 Å². The van der Waals surface area contributed by atoms with E-state index < -0.39 is 0 Å². The Morgan fingerprint density at radius 2 is 1.66 bits per heavy atom. The number of aryl methyl sites for hydroxylation is 2. The molecule has 1 aliphatic heterocycles. The van der Waals surface area contributed by atoms with Crippen molar-refractivity contribution in [1.29, 1.82) is 0 Å². The summed E-state index contributed by atoms with van der Waals surface area (Å²) in [7, 11) is 1.69. The summed E-state index contributed by atoms with van der Waals surface area (Å²) in [5, 5.41) is 0. The SMILES string of the molecule is COc1cccc(-c2cc(N3CCCc4ccc(C)cc4C3)nc(-c3ccccc3)n2)c1. The molecule has 0 bridgehead atoms. The van der Waals surface area contributed by atoms with Crippen molar-refractivity contribution in [2.24, 2.45) is 0 Å². The molecule has 0 radical (unpaired) electrons. The summed E-state index contributed by atoms with van der Waals surface area (Å²) in [6.07, 6.45) is 2.21. The fourth-order valence-electron chi connectivity index (χ4n) is 4.33. The molecule has 32 heavy (non-hydrogen) atoms. The Morgan fingerprint density at radius 1 is 0.812 bits per heavy atom. The van der Waals surface area contributed by atoms with Crippen LogP contribution in [0.2, 0.25) is 0 Å². The van der Waals surface area contributed by atoms with Crippen molar-refractivity contribution in [1.82, 2.24) is 9.97 Å². The Kier molecular flexibility index (Phi) is 5.59. The molecule has 0 spiro atoms. The van der Waals surface area contributed by atoms with Gasteiger partial charge in [-0.2, -0.15) is 0 Å². The third-order valence-corrected chi connectivity index (χ3v) is 6.03. The number of anilines is 1. The first-order chi connectivity index (χ1) is 15.7. The highest BCUT2D eigenvalue weighted by atomic mass is 16.5. The Labute approximate surface area is 189 Å². The molecule has 160 valence electrons.